The standard InChI is InChI=1S/C24H33ClN2O/c25-11-10-23-13-17-12-22(15-23,18-4-2-1-3-5-18)16-24(23,14-17)21(28)27-20-8-6-19(26)7-9-20/h1-5,17,19-20H,6-16,26H2,(H,27,28)/t17?,19?,20?,22-,23?,24?/m1/s1. The van der Waals surface area contributed by atoms with Gasteiger partial charge in [-0.05, 0) is 86.5 Å². The number of hydrogen-bond acceptors (Lipinski definition) is 2. The average Bonchev–Trinajstić information content (AvgIpc) is 3.03. The monoisotopic (exact) mass is 400 g/mol. The van der Waals surface area contributed by atoms with Crippen LogP contribution < -0.4 is 11.1 Å². The van der Waals surface area contributed by atoms with Crippen LogP contribution in [0.25, 0.3) is 0 Å². The van der Waals surface area contributed by atoms with Crippen LogP contribution in [0.15, 0.2) is 30.3 Å². The Morgan fingerprint density at radius 2 is 1.82 bits per heavy atom. The molecule has 3 unspecified atom stereocenters. The Morgan fingerprint density at radius 1 is 1.07 bits per heavy atom. The second kappa shape index (κ2) is 6.74. The molecular weight excluding hydrogens is 368 g/mol. The Balaban J connectivity index is 1.46. The second-order valence-corrected chi connectivity index (χ2v) is 10.7. The van der Waals surface area contributed by atoms with E-state index in [1.54, 1.807) is 0 Å². The number of amides is 1. The number of carbonyl (C=O) groups is 1. The maximum Gasteiger partial charge on any atom is 0.227 e. The predicted molar refractivity (Wildman–Crippen MR) is 113 cm³/mol. The summed E-state index contributed by atoms with van der Waals surface area (Å²) in [5, 5.41) is 3.50. The lowest BCUT2D eigenvalue weighted by Gasteiger charge is -2.41. The predicted octanol–water partition coefficient (Wildman–Crippen LogP) is 4.52. The molecular formula is C24H33ClN2O. The molecule has 3 nitrogen and oxygen atoms in total. The van der Waals surface area contributed by atoms with Crippen molar-refractivity contribution in [2.75, 3.05) is 5.88 Å². The molecule has 0 saturated heterocycles. The number of nitrogens with one attached hydrogen (secondary N) is 1. The summed E-state index contributed by atoms with van der Waals surface area (Å²) in [5.41, 5.74) is 7.55. The normalized spacial score (nSPS) is 44.0. The molecule has 0 spiro atoms. The fraction of sp³-hybridized carbons (Fsp3) is 0.708. The lowest BCUT2D eigenvalue weighted by Crippen LogP contribution is -2.51. The highest BCUT2D eigenvalue weighted by molar-refractivity contribution is 6.17. The lowest BCUT2D eigenvalue weighted by atomic mass is 9.63. The van der Waals surface area contributed by atoms with Gasteiger partial charge in [0.1, 0.15) is 0 Å². The quantitative estimate of drug-likeness (QED) is 0.714. The Labute approximate surface area is 173 Å². The molecule has 152 valence electrons. The van der Waals surface area contributed by atoms with Gasteiger partial charge in [-0.25, -0.2) is 0 Å². The van der Waals surface area contributed by atoms with Crippen molar-refractivity contribution in [1.29, 1.82) is 0 Å². The number of carbonyl (C=O) groups excluding carboxylic acids is 1. The summed E-state index contributed by atoms with van der Waals surface area (Å²) < 4.78 is 0. The third kappa shape index (κ3) is 2.69. The van der Waals surface area contributed by atoms with Crippen LogP contribution in [-0.2, 0) is 10.2 Å². The number of rotatable bonds is 5. The molecule has 3 N–H and O–H groups in total. The maximum atomic E-state index is 13.8. The average molecular weight is 401 g/mol. The van der Waals surface area contributed by atoms with Crippen molar-refractivity contribution >= 4 is 17.5 Å². The molecule has 1 aromatic rings. The first-order valence-electron chi connectivity index (χ1n) is 11.2. The summed E-state index contributed by atoms with van der Waals surface area (Å²) in [5.74, 6) is 1.65. The molecule has 4 atom stereocenters. The fourth-order valence-electron chi connectivity index (χ4n) is 7.88. The van der Waals surface area contributed by atoms with Gasteiger partial charge in [-0.1, -0.05) is 30.3 Å². The highest BCUT2D eigenvalue weighted by Gasteiger charge is 2.74. The van der Waals surface area contributed by atoms with Crippen LogP contribution in [0.5, 0.6) is 0 Å². The topological polar surface area (TPSA) is 55.1 Å². The molecule has 4 bridgehead atoms. The van der Waals surface area contributed by atoms with Crippen LogP contribution in [0.2, 0.25) is 0 Å². The van der Waals surface area contributed by atoms with Gasteiger partial charge in [-0.3, -0.25) is 4.79 Å². The molecule has 5 fully saturated rings. The summed E-state index contributed by atoms with van der Waals surface area (Å²) in [6, 6.07) is 11.6. The summed E-state index contributed by atoms with van der Waals surface area (Å²) >= 11 is 6.33. The van der Waals surface area contributed by atoms with Gasteiger partial charge in [0.15, 0.2) is 0 Å². The van der Waals surface area contributed by atoms with Gasteiger partial charge >= 0.3 is 0 Å². The summed E-state index contributed by atoms with van der Waals surface area (Å²) in [6.45, 7) is 0. The lowest BCUT2D eigenvalue weighted by molar-refractivity contribution is -0.137. The maximum absolute atomic E-state index is 13.8. The first-order valence-corrected chi connectivity index (χ1v) is 11.7. The van der Waals surface area contributed by atoms with E-state index in [9.17, 15) is 4.79 Å². The van der Waals surface area contributed by atoms with Crippen molar-refractivity contribution < 1.29 is 4.79 Å². The van der Waals surface area contributed by atoms with Gasteiger partial charge in [0, 0.05) is 18.0 Å². The number of alkyl halides is 1. The number of benzene rings is 1. The highest BCUT2D eigenvalue weighted by atomic mass is 35.5. The molecule has 0 radical (unpaired) electrons. The van der Waals surface area contributed by atoms with E-state index in [1.165, 1.54) is 18.4 Å². The minimum Gasteiger partial charge on any atom is -0.353 e. The van der Waals surface area contributed by atoms with E-state index in [1.807, 2.05) is 0 Å². The molecule has 5 aliphatic carbocycles. The Hall–Kier alpha value is -1.06. The van der Waals surface area contributed by atoms with Gasteiger partial charge in [-0.2, -0.15) is 0 Å². The largest absolute Gasteiger partial charge is 0.353 e. The second-order valence-electron chi connectivity index (χ2n) is 10.4. The van der Waals surface area contributed by atoms with E-state index in [0.29, 0.717) is 29.8 Å². The molecule has 4 heteroatoms. The molecule has 5 aliphatic rings. The Morgan fingerprint density at radius 3 is 2.54 bits per heavy atom. The van der Waals surface area contributed by atoms with Gasteiger partial charge in [0.05, 0.1) is 5.41 Å². The summed E-state index contributed by atoms with van der Waals surface area (Å²) in [6.07, 6.45) is 10.7. The number of hydrogen-bond donors (Lipinski definition) is 2. The molecule has 1 amide bonds. The van der Waals surface area contributed by atoms with Crippen LogP contribution in [-0.4, -0.2) is 23.9 Å². The molecule has 0 aliphatic heterocycles. The van der Waals surface area contributed by atoms with Crippen molar-refractivity contribution in [3.05, 3.63) is 35.9 Å². The minimum atomic E-state index is -0.222. The van der Waals surface area contributed by atoms with Crippen LogP contribution in [0.1, 0.15) is 69.8 Å². The Kier molecular flexibility index (Phi) is 4.56. The first-order chi connectivity index (χ1) is 13.5. The molecule has 6 rings (SSSR count). The summed E-state index contributed by atoms with van der Waals surface area (Å²) in [4.78, 5) is 13.8. The van der Waals surface area contributed by atoms with E-state index >= 15 is 0 Å². The molecule has 0 aromatic heterocycles. The van der Waals surface area contributed by atoms with Crippen LogP contribution in [0.4, 0.5) is 0 Å². The van der Waals surface area contributed by atoms with E-state index in [4.69, 9.17) is 17.3 Å². The van der Waals surface area contributed by atoms with Crippen LogP contribution in [0, 0.1) is 16.7 Å². The van der Waals surface area contributed by atoms with E-state index in [2.05, 4.69) is 35.6 Å². The van der Waals surface area contributed by atoms with Crippen molar-refractivity contribution in [2.45, 2.75) is 81.7 Å². The van der Waals surface area contributed by atoms with Gasteiger partial charge in [-0.15, -0.1) is 11.6 Å². The zero-order valence-corrected chi connectivity index (χ0v) is 17.5. The van der Waals surface area contributed by atoms with Gasteiger partial charge in [0.2, 0.25) is 5.91 Å². The number of halogens is 1. The van der Waals surface area contributed by atoms with Crippen molar-refractivity contribution in [3.8, 4) is 0 Å². The third-order valence-corrected chi connectivity index (χ3v) is 9.02. The van der Waals surface area contributed by atoms with Crippen molar-refractivity contribution in [3.63, 3.8) is 0 Å². The third-order valence-electron chi connectivity index (χ3n) is 8.83. The minimum absolute atomic E-state index is 0.0860. The molecule has 28 heavy (non-hydrogen) atoms. The van der Waals surface area contributed by atoms with Gasteiger partial charge < -0.3 is 11.1 Å². The molecule has 1 aromatic carbocycles. The number of nitrogens with two attached hydrogens (primary N) is 1. The van der Waals surface area contributed by atoms with Crippen molar-refractivity contribution in [1.82, 2.24) is 5.32 Å². The zero-order chi connectivity index (χ0) is 19.4. The highest BCUT2D eigenvalue weighted by Crippen LogP contribution is 2.77. The van der Waals surface area contributed by atoms with E-state index < -0.39 is 0 Å². The van der Waals surface area contributed by atoms with Crippen LogP contribution in [0.3, 0.4) is 0 Å². The SMILES string of the molecule is NC1CCC(NC(=O)C23CC4CC2(CCCl)C[C@](c2ccccc2)(C4)C3)CC1. The van der Waals surface area contributed by atoms with Crippen molar-refractivity contribution in [2.24, 2.45) is 22.5 Å². The zero-order valence-electron chi connectivity index (χ0n) is 16.8. The Bertz CT molecular complexity index is 746. The van der Waals surface area contributed by atoms with E-state index in [0.717, 1.165) is 51.4 Å². The van der Waals surface area contributed by atoms with Crippen LogP contribution >= 0.6 is 11.6 Å². The van der Waals surface area contributed by atoms with E-state index in [-0.39, 0.29) is 16.2 Å². The smallest absolute Gasteiger partial charge is 0.227 e. The first kappa shape index (κ1) is 18.9. The molecule has 0 heterocycles. The van der Waals surface area contributed by atoms with Gasteiger partial charge in [0.25, 0.3) is 0 Å². The fourth-order valence-corrected chi connectivity index (χ4v) is 8.25. The molecule has 5 saturated carbocycles. The summed E-state index contributed by atoms with van der Waals surface area (Å²) in [7, 11) is 0.